The van der Waals surface area contributed by atoms with Crippen LogP contribution in [0.25, 0.3) is 0 Å². The summed E-state index contributed by atoms with van der Waals surface area (Å²) in [6.45, 7) is 3.77. The van der Waals surface area contributed by atoms with E-state index in [0.29, 0.717) is 6.42 Å². The van der Waals surface area contributed by atoms with Gasteiger partial charge in [0.2, 0.25) is 0 Å². The minimum Gasteiger partial charge on any atom is -0.375 e. The zero-order chi connectivity index (χ0) is 14.4. The zero-order valence-corrected chi connectivity index (χ0v) is 12.5. The first-order valence-corrected chi connectivity index (χ1v) is 8.23. The number of benzene rings is 1. The van der Waals surface area contributed by atoms with E-state index in [0.717, 1.165) is 36.6 Å². The lowest BCUT2D eigenvalue weighted by Crippen LogP contribution is -2.46. The number of halogens is 2. The van der Waals surface area contributed by atoms with Crippen LogP contribution in [0.15, 0.2) is 18.2 Å². The first-order chi connectivity index (χ1) is 9.70. The smallest absolute Gasteiger partial charge is 0.159 e. The summed E-state index contributed by atoms with van der Waals surface area (Å²) in [4.78, 5) is 0. The lowest BCUT2D eigenvalue weighted by molar-refractivity contribution is 0.0472. The minimum atomic E-state index is -0.795. The second-order valence-corrected chi connectivity index (χ2v) is 6.15. The Labute approximate surface area is 123 Å². The average Bonchev–Trinajstić information content (AvgIpc) is 2.48. The molecule has 2 nitrogen and oxygen atoms in total. The Kier molecular flexibility index (Phi) is 6.26. The number of thioether (sulfide) groups is 1. The maximum atomic E-state index is 13.3. The maximum Gasteiger partial charge on any atom is 0.159 e. The molecule has 5 heteroatoms. The second kappa shape index (κ2) is 7.96. The van der Waals surface area contributed by atoms with Crippen LogP contribution in [-0.2, 0) is 11.2 Å². The van der Waals surface area contributed by atoms with Gasteiger partial charge in [0, 0.05) is 17.5 Å². The van der Waals surface area contributed by atoms with Crippen molar-refractivity contribution >= 4 is 11.8 Å². The highest BCUT2D eigenvalue weighted by Crippen LogP contribution is 2.19. The van der Waals surface area contributed by atoms with Gasteiger partial charge in [0.15, 0.2) is 11.6 Å². The monoisotopic (exact) mass is 301 g/mol. The van der Waals surface area contributed by atoms with Gasteiger partial charge in [0.1, 0.15) is 0 Å². The fourth-order valence-corrected chi connectivity index (χ4v) is 3.27. The lowest BCUT2D eigenvalue weighted by Gasteiger charge is -2.31. The molecule has 112 valence electrons. The van der Waals surface area contributed by atoms with Crippen molar-refractivity contribution < 1.29 is 13.5 Å². The SMILES string of the molecule is CCCNC(Cc1ccc(F)c(F)c1)C1CSCCO1. The van der Waals surface area contributed by atoms with E-state index in [4.69, 9.17) is 4.74 Å². The quantitative estimate of drug-likeness (QED) is 0.873. The molecule has 1 aliphatic rings. The molecular formula is C15H21F2NOS. The molecule has 2 atom stereocenters. The largest absolute Gasteiger partial charge is 0.375 e. The van der Waals surface area contributed by atoms with E-state index >= 15 is 0 Å². The van der Waals surface area contributed by atoms with Crippen molar-refractivity contribution in [1.29, 1.82) is 0 Å². The molecule has 1 aromatic carbocycles. The molecule has 1 saturated heterocycles. The Balaban J connectivity index is 2.03. The van der Waals surface area contributed by atoms with Crippen molar-refractivity contribution in [2.75, 3.05) is 24.7 Å². The number of nitrogens with one attached hydrogen (secondary N) is 1. The maximum absolute atomic E-state index is 13.3. The molecule has 2 rings (SSSR count). The molecule has 0 aromatic heterocycles. The van der Waals surface area contributed by atoms with Gasteiger partial charge in [-0.1, -0.05) is 13.0 Å². The van der Waals surface area contributed by atoms with Crippen LogP contribution in [-0.4, -0.2) is 36.8 Å². The summed E-state index contributed by atoms with van der Waals surface area (Å²) in [7, 11) is 0. The van der Waals surface area contributed by atoms with Crippen LogP contribution >= 0.6 is 11.8 Å². The van der Waals surface area contributed by atoms with E-state index in [1.807, 2.05) is 11.8 Å². The van der Waals surface area contributed by atoms with Gasteiger partial charge >= 0.3 is 0 Å². The Morgan fingerprint density at radius 1 is 1.40 bits per heavy atom. The molecule has 1 heterocycles. The van der Waals surface area contributed by atoms with E-state index < -0.39 is 11.6 Å². The molecule has 20 heavy (non-hydrogen) atoms. The van der Waals surface area contributed by atoms with Crippen molar-refractivity contribution in [3.63, 3.8) is 0 Å². The molecule has 0 bridgehead atoms. The molecular weight excluding hydrogens is 280 g/mol. The van der Waals surface area contributed by atoms with E-state index in [9.17, 15) is 8.78 Å². The fraction of sp³-hybridized carbons (Fsp3) is 0.600. The molecule has 1 aliphatic heterocycles. The van der Waals surface area contributed by atoms with Crippen LogP contribution in [0.3, 0.4) is 0 Å². The zero-order valence-electron chi connectivity index (χ0n) is 11.7. The Bertz CT molecular complexity index is 424. The average molecular weight is 301 g/mol. The highest BCUT2D eigenvalue weighted by atomic mass is 32.2. The summed E-state index contributed by atoms with van der Waals surface area (Å²) < 4.78 is 32.1. The minimum absolute atomic E-state index is 0.133. The molecule has 0 radical (unpaired) electrons. The van der Waals surface area contributed by atoms with Crippen molar-refractivity contribution in [1.82, 2.24) is 5.32 Å². The van der Waals surface area contributed by atoms with Crippen molar-refractivity contribution in [2.24, 2.45) is 0 Å². The topological polar surface area (TPSA) is 21.3 Å². The third-order valence-corrected chi connectivity index (χ3v) is 4.41. The first-order valence-electron chi connectivity index (χ1n) is 7.07. The van der Waals surface area contributed by atoms with Gasteiger partial charge in [-0.25, -0.2) is 8.78 Å². The van der Waals surface area contributed by atoms with Crippen molar-refractivity contribution in [3.05, 3.63) is 35.4 Å². The summed E-state index contributed by atoms with van der Waals surface area (Å²) >= 11 is 1.88. The van der Waals surface area contributed by atoms with E-state index in [-0.39, 0.29) is 12.1 Å². The predicted molar refractivity (Wildman–Crippen MR) is 79.2 cm³/mol. The number of hydrogen-bond acceptors (Lipinski definition) is 3. The molecule has 2 unspecified atom stereocenters. The summed E-state index contributed by atoms with van der Waals surface area (Å²) in [5, 5.41) is 3.47. The third-order valence-electron chi connectivity index (χ3n) is 3.39. The molecule has 0 spiro atoms. The van der Waals surface area contributed by atoms with Gasteiger partial charge < -0.3 is 10.1 Å². The van der Waals surface area contributed by atoms with E-state index in [1.165, 1.54) is 12.1 Å². The third kappa shape index (κ3) is 4.43. The summed E-state index contributed by atoms with van der Waals surface area (Å²) in [5.74, 6) is 0.403. The molecule has 1 aromatic rings. The summed E-state index contributed by atoms with van der Waals surface area (Å²) in [6, 6.07) is 4.27. The second-order valence-electron chi connectivity index (χ2n) is 5.00. The number of rotatable bonds is 6. The standard InChI is InChI=1S/C15H21F2NOS/c1-2-5-18-14(15-10-20-7-6-19-15)9-11-3-4-12(16)13(17)8-11/h3-4,8,14-15,18H,2,5-7,9-10H2,1H3. The normalized spacial score (nSPS) is 20.9. The summed E-state index contributed by atoms with van der Waals surface area (Å²) in [6.07, 6.45) is 1.82. The van der Waals surface area contributed by atoms with E-state index in [1.54, 1.807) is 6.07 Å². The highest BCUT2D eigenvalue weighted by molar-refractivity contribution is 7.99. The van der Waals surface area contributed by atoms with Crippen molar-refractivity contribution in [2.45, 2.75) is 31.9 Å². The molecule has 1 N–H and O–H groups in total. The van der Waals surface area contributed by atoms with Gasteiger partial charge in [-0.3, -0.25) is 0 Å². The molecule has 0 saturated carbocycles. The van der Waals surface area contributed by atoms with Crippen LogP contribution in [0.2, 0.25) is 0 Å². The van der Waals surface area contributed by atoms with Gasteiger partial charge in [-0.15, -0.1) is 0 Å². The predicted octanol–water partition coefficient (Wildman–Crippen LogP) is 3.01. The number of hydrogen-bond donors (Lipinski definition) is 1. The van der Waals surface area contributed by atoms with Crippen LogP contribution in [0.5, 0.6) is 0 Å². The van der Waals surface area contributed by atoms with Gasteiger partial charge in [-0.05, 0) is 37.1 Å². The van der Waals surface area contributed by atoms with Crippen LogP contribution < -0.4 is 5.32 Å². The summed E-state index contributed by atoms with van der Waals surface area (Å²) in [5.41, 5.74) is 0.802. The Hall–Kier alpha value is -0.650. The molecule has 0 amide bonds. The fourth-order valence-electron chi connectivity index (χ4n) is 2.32. The van der Waals surface area contributed by atoms with Crippen molar-refractivity contribution in [3.8, 4) is 0 Å². The molecule has 1 fully saturated rings. The molecule has 0 aliphatic carbocycles. The van der Waals surface area contributed by atoms with Gasteiger partial charge in [0.25, 0.3) is 0 Å². The van der Waals surface area contributed by atoms with E-state index in [2.05, 4.69) is 12.2 Å². The highest BCUT2D eigenvalue weighted by Gasteiger charge is 2.24. The Morgan fingerprint density at radius 2 is 2.25 bits per heavy atom. The number of ether oxygens (including phenoxy) is 1. The van der Waals surface area contributed by atoms with Gasteiger partial charge in [-0.2, -0.15) is 11.8 Å². The van der Waals surface area contributed by atoms with Crippen LogP contribution in [0.1, 0.15) is 18.9 Å². The first kappa shape index (κ1) is 15.7. The lowest BCUT2D eigenvalue weighted by atomic mass is 10.0. The van der Waals surface area contributed by atoms with Gasteiger partial charge in [0.05, 0.1) is 12.7 Å². The Morgan fingerprint density at radius 3 is 2.90 bits per heavy atom. The van der Waals surface area contributed by atoms with Crippen LogP contribution in [0, 0.1) is 11.6 Å². The van der Waals surface area contributed by atoms with Crippen LogP contribution in [0.4, 0.5) is 8.78 Å².